The first-order valence-corrected chi connectivity index (χ1v) is 11.2. The molecule has 1 fully saturated rings. The van der Waals surface area contributed by atoms with Gasteiger partial charge in [-0.25, -0.2) is 4.39 Å². The summed E-state index contributed by atoms with van der Waals surface area (Å²) < 4.78 is 14.9. The number of phenolic OH excluding ortho intramolecular Hbond substituents is 1. The molecule has 3 aromatic carbocycles. The lowest BCUT2D eigenvalue weighted by Crippen LogP contribution is -2.43. The topological polar surface area (TPSA) is 67.8 Å². The van der Waals surface area contributed by atoms with Gasteiger partial charge in [0.25, 0.3) is 0 Å². The van der Waals surface area contributed by atoms with Crippen molar-refractivity contribution in [3.8, 4) is 28.0 Å². The molecule has 3 aromatic rings. The van der Waals surface area contributed by atoms with Crippen molar-refractivity contribution in [1.82, 2.24) is 10.6 Å². The number of hydrogen-bond acceptors (Lipinski definition) is 5. The number of nitrogens with zero attached hydrogens (tertiary/aromatic N) is 2. The fraction of sp³-hybridized carbons (Fsp3) is 0.269. The smallest absolute Gasteiger partial charge is 0.214 e. The average molecular weight is 449 g/mol. The first-order valence-electron chi connectivity index (χ1n) is 11.2. The number of likely N-dealkylation sites (N-methyl/N-ethyl adjacent to an activating group) is 1. The summed E-state index contributed by atoms with van der Waals surface area (Å²) in [6.07, 6.45) is 0.624. The molecule has 1 heterocycles. The van der Waals surface area contributed by atoms with Crippen LogP contribution in [0.2, 0.25) is 0 Å². The molecule has 0 bridgehead atoms. The minimum absolute atomic E-state index is 0.101. The number of carbonyl (C=O) groups is 1. The molecule has 7 heteroatoms. The van der Waals surface area contributed by atoms with E-state index in [0.717, 1.165) is 37.4 Å². The molecule has 0 aromatic heterocycles. The zero-order valence-electron chi connectivity index (χ0n) is 18.7. The summed E-state index contributed by atoms with van der Waals surface area (Å²) in [6, 6.07) is 18.3. The Kier molecular flexibility index (Phi) is 7.22. The van der Waals surface area contributed by atoms with Crippen LogP contribution in [0.1, 0.15) is 0 Å². The summed E-state index contributed by atoms with van der Waals surface area (Å²) in [5.41, 5.74) is 4.01. The molecule has 0 saturated carbocycles. The SMILES string of the molecule is CNCCN(C=O)c1ccc(-c2cccc(-c3cccc(N4CCNCC4)c3)c2O)cc1F. The molecule has 3 N–H and O–H groups in total. The Bertz CT molecular complexity index is 1120. The van der Waals surface area contributed by atoms with Gasteiger partial charge in [0.15, 0.2) is 0 Å². The van der Waals surface area contributed by atoms with E-state index in [9.17, 15) is 14.3 Å². The lowest BCUT2D eigenvalue weighted by Gasteiger charge is -2.29. The molecular formula is C26H29FN4O2. The van der Waals surface area contributed by atoms with Gasteiger partial charge in [0, 0.05) is 56.1 Å². The van der Waals surface area contributed by atoms with Gasteiger partial charge in [-0.2, -0.15) is 0 Å². The van der Waals surface area contributed by atoms with Gasteiger partial charge < -0.3 is 25.5 Å². The van der Waals surface area contributed by atoms with E-state index in [-0.39, 0.29) is 11.4 Å². The van der Waals surface area contributed by atoms with Crippen LogP contribution in [0.5, 0.6) is 5.75 Å². The number of rotatable bonds is 8. The van der Waals surface area contributed by atoms with Gasteiger partial charge in [-0.05, 0) is 42.4 Å². The summed E-state index contributed by atoms with van der Waals surface area (Å²) in [5, 5.41) is 17.4. The Morgan fingerprint density at radius 3 is 2.42 bits per heavy atom. The number of nitrogens with one attached hydrogen (secondary N) is 2. The summed E-state index contributed by atoms with van der Waals surface area (Å²) in [5.74, 6) is -0.411. The van der Waals surface area contributed by atoms with E-state index in [4.69, 9.17) is 0 Å². The van der Waals surface area contributed by atoms with Crippen LogP contribution < -0.4 is 20.4 Å². The van der Waals surface area contributed by atoms with Crippen molar-refractivity contribution in [2.24, 2.45) is 0 Å². The van der Waals surface area contributed by atoms with Crippen molar-refractivity contribution >= 4 is 17.8 Å². The summed E-state index contributed by atoms with van der Waals surface area (Å²) in [4.78, 5) is 15.0. The first-order chi connectivity index (χ1) is 16.1. The zero-order valence-corrected chi connectivity index (χ0v) is 18.7. The quantitative estimate of drug-likeness (QED) is 0.461. The van der Waals surface area contributed by atoms with E-state index in [1.807, 2.05) is 24.3 Å². The molecule has 33 heavy (non-hydrogen) atoms. The van der Waals surface area contributed by atoms with Crippen LogP contribution in [0.25, 0.3) is 22.3 Å². The molecular weight excluding hydrogens is 419 g/mol. The van der Waals surface area contributed by atoms with E-state index in [2.05, 4.69) is 27.7 Å². The van der Waals surface area contributed by atoms with E-state index in [0.29, 0.717) is 36.2 Å². The van der Waals surface area contributed by atoms with Crippen molar-refractivity contribution in [2.75, 3.05) is 56.1 Å². The van der Waals surface area contributed by atoms with Crippen LogP contribution in [0.15, 0.2) is 60.7 Å². The largest absolute Gasteiger partial charge is 0.507 e. The molecule has 0 spiro atoms. The molecule has 1 amide bonds. The Balaban J connectivity index is 1.65. The molecule has 172 valence electrons. The highest BCUT2D eigenvalue weighted by Crippen LogP contribution is 2.39. The predicted octanol–water partition coefficient (Wildman–Crippen LogP) is 3.46. The minimum Gasteiger partial charge on any atom is -0.507 e. The number of piperazine rings is 1. The molecule has 1 saturated heterocycles. The normalized spacial score (nSPS) is 13.7. The Labute approximate surface area is 193 Å². The number of halogens is 1. The maximum atomic E-state index is 14.9. The van der Waals surface area contributed by atoms with Crippen LogP contribution in [0.3, 0.4) is 0 Å². The van der Waals surface area contributed by atoms with Crippen LogP contribution in [0.4, 0.5) is 15.8 Å². The number of hydrogen-bond donors (Lipinski definition) is 3. The number of para-hydroxylation sites is 1. The van der Waals surface area contributed by atoms with Gasteiger partial charge in [-0.1, -0.05) is 36.4 Å². The number of anilines is 2. The van der Waals surface area contributed by atoms with Crippen molar-refractivity contribution in [3.05, 3.63) is 66.5 Å². The predicted molar refractivity (Wildman–Crippen MR) is 131 cm³/mol. The van der Waals surface area contributed by atoms with Gasteiger partial charge in [0.1, 0.15) is 11.6 Å². The second kappa shape index (κ2) is 10.5. The highest BCUT2D eigenvalue weighted by Gasteiger charge is 2.16. The number of phenols is 1. The fourth-order valence-corrected chi connectivity index (χ4v) is 4.17. The van der Waals surface area contributed by atoms with Gasteiger partial charge in [0.05, 0.1) is 5.69 Å². The van der Waals surface area contributed by atoms with Crippen molar-refractivity contribution in [2.45, 2.75) is 0 Å². The third-order valence-electron chi connectivity index (χ3n) is 5.97. The molecule has 0 atom stereocenters. The minimum atomic E-state index is -0.513. The summed E-state index contributed by atoms with van der Waals surface area (Å²) in [6.45, 7) is 4.68. The van der Waals surface area contributed by atoms with E-state index in [1.54, 1.807) is 25.2 Å². The molecule has 1 aliphatic rings. The second-order valence-electron chi connectivity index (χ2n) is 8.06. The lowest BCUT2D eigenvalue weighted by molar-refractivity contribution is -0.107. The van der Waals surface area contributed by atoms with Crippen LogP contribution in [0, 0.1) is 5.82 Å². The van der Waals surface area contributed by atoms with Gasteiger partial charge >= 0.3 is 0 Å². The Hall–Kier alpha value is -3.42. The third kappa shape index (κ3) is 4.99. The number of benzene rings is 3. The molecule has 4 rings (SSSR count). The van der Waals surface area contributed by atoms with E-state index in [1.165, 1.54) is 11.0 Å². The molecule has 0 unspecified atom stereocenters. The van der Waals surface area contributed by atoms with Crippen molar-refractivity contribution in [1.29, 1.82) is 0 Å². The highest BCUT2D eigenvalue weighted by atomic mass is 19.1. The third-order valence-corrected chi connectivity index (χ3v) is 5.97. The van der Waals surface area contributed by atoms with Crippen molar-refractivity contribution in [3.63, 3.8) is 0 Å². The zero-order chi connectivity index (χ0) is 23.2. The highest BCUT2D eigenvalue weighted by molar-refractivity contribution is 5.84. The number of aromatic hydroxyl groups is 1. The Morgan fingerprint density at radius 2 is 1.76 bits per heavy atom. The fourth-order valence-electron chi connectivity index (χ4n) is 4.17. The number of amides is 1. The standard InChI is InChI=1S/C26H29FN4O2/c1-28-10-13-31(18-32)25-9-8-20(17-24(25)27)23-7-3-6-22(26(23)33)19-4-2-5-21(16-19)30-14-11-29-12-15-30/h2-9,16-18,28-29,33H,10-15H2,1H3. The van der Waals surface area contributed by atoms with Gasteiger partial charge in [-0.3, -0.25) is 4.79 Å². The van der Waals surface area contributed by atoms with Crippen molar-refractivity contribution < 1.29 is 14.3 Å². The van der Waals surface area contributed by atoms with E-state index < -0.39 is 5.82 Å². The average Bonchev–Trinajstić information content (AvgIpc) is 2.86. The second-order valence-corrected chi connectivity index (χ2v) is 8.06. The van der Waals surface area contributed by atoms with Gasteiger partial charge in [-0.15, -0.1) is 0 Å². The molecule has 1 aliphatic heterocycles. The molecule has 0 radical (unpaired) electrons. The summed E-state index contributed by atoms with van der Waals surface area (Å²) >= 11 is 0. The van der Waals surface area contributed by atoms with Crippen LogP contribution >= 0.6 is 0 Å². The van der Waals surface area contributed by atoms with Crippen LogP contribution in [-0.2, 0) is 4.79 Å². The Morgan fingerprint density at radius 1 is 1.06 bits per heavy atom. The van der Waals surface area contributed by atoms with E-state index >= 15 is 0 Å². The monoisotopic (exact) mass is 448 g/mol. The maximum Gasteiger partial charge on any atom is 0.214 e. The summed E-state index contributed by atoms with van der Waals surface area (Å²) in [7, 11) is 1.78. The maximum absolute atomic E-state index is 14.9. The number of carbonyl (C=O) groups excluding carboxylic acids is 1. The van der Waals surface area contributed by atoms with Crippen LogP contribution in [-0.4, -0.2) is 57.8 Å². The first kappa shape index (κ1) is 22.8. The molecule has 0 aliphatic carbocycles. The van der Waals surface area contributed by atoms with Gasteiger partial charge in [0.2, 0.25) is 6.41 Å². The lowest BCUT2D eigenvalue weighted by atomic mass is 9.96. The molecule has 6 nitrogen and oxygen atoms in total.